The molecular formula is C13H21N3O2S. The number of β-amino-alcohol motifs (C(OH)–C–C–N with tert-alkyl or cyclic N) is 1. The molecule has 5 nitrogen and oxygen atoms in total. The van der Waals surface area contributed by atoms with Crippen molar-refractivity contribution in [3.8, 4) is 0 Å². The Hall–Kier alpha value is -0.980. The molecule has 0 saturated carbocycles. The van der Waals surface area contributed by atoms with Gasteiger partial charge in [0.2, 0.25) is 5.91 Å². The highest BCUT2D eigenvalue weighted by atomic mass is 32.1. The van der Waals surface area contributed by atoms with E-state index in [0.717, 1.165) is 10.7 Å². The molecule has 0 radical (unpaired) electrons. The van der Waals surface area contributed by atoms with Crippen molar-refractivity contribution in [3.05, 3.63) is 16.1 Å². The maximum atomic E-state index is 11.9. The highest BCUT2D eigenvalue weighted by molar-refractivity contribution is 7.09. The third-order valence-electron chi connectivity index (χ3n) is 3.16. The van der Waals surface area contributed by atoms with Gasteiger partial charge in [-0.1, -0.05) is 20.8 Å². The Labute approximate surface area is 117 Å². The molecule has 0 aromatic carbocycles. The van der Waals surface area contributed by atoms with E-state index in [0.29, 0.717) is 19.5 Å². The molecule has 1 fully saturated rings. The molecular weight excluding hydrogens is 262 g/mol. The summed E-state index contributed by atoms with van der Waals surface area (Å²) in [6.45, 7) is 7.30. The van der Waals surface area contributed by atoms with Crippen LogP contribution in [0.5, 0.6) is 0 Å². The smallest absolute Gasteiger partial charge is 0.237 e. The van der Waals surface area contributed by atoms with Crippen LogP contribution in [-0.2, 0) is 16.8 Å². The van der Waals surface area contributed by atoms with E-state index < -0.39 is 6.10 Å². The molecule has 1 amide bonds. The molecule has 0 unspecified atom stereocenters. The normalized spacial score (nSPS) is 23.6. The van der Waals surface area contributed by atoms with Crippen LogP contribution in [0, 0.1) is 0 Å². The second-order valence-electron chi connectivity index (χ2n) is 5.94. The summed E-state index contributed by atoms with van der Waals surface area (Å²) in [6.07, 6.45) is 0.0693. The minimum Gasteiger partial charge on any atom is -0.392 e. The topological polar surface area (TPSA) is 74.2 Å². The molecule has 2 heterocycles. The number of hydrogen-bond donors (Lipinski definition) is 3. The molecule has 2 rings (SSSR count). The fourth-order valence-corrected chi connectivity index (χ4v) is 2.90. The molecule has 1 saturated heterocycles. The first-order valence-electron chi connectivity index (χ1n) is 6.50. The van der Waals surface area contributed by atoms with Crippen LogP contribution in [0.25, 0.3) is 0 Å². The molecule has 1 aliphatic heterocycles. The van der Waals surface area contributed by atoms with Crippen molar-refractivity contribution in [2.45, 2.75) is 51.3 Å². The maximum absolute atomic E-state index is 11.9. The lowest BCUT2D eigenvalue weighted by Gasteiger charge is -2.14. The van der Waals surface area contributed by atoms with Gasteiger partial charge in [-0.05, 0) is 6.42 Å². The second-order valence-corrected chi connectivity index (χ2v) is 6.89. The molecule has 1 aliphatic rings. The van der Waals surface area contributed by atoms with Crippen LogP contribution < -0.4 is 10.6 Å². The zero-order chi connectivity index (χ0) is 14.0. The molecule has 0 aliphatic carbocycles. The lowest BCUT2D eigenvalue weighted by Crippen LogP contribution is -2.40. The zero-order valence-electron chi connectivity index (χ0n) is 11.6. The van der Waals surface area contributed by atoms with Crippen LogP contribution in [0.3, 0.4) is 0 Å². The van der Waals surface area contributed by atoms with E-state index in [9.17, 15) is 9.90 Å². The Bertz CT molecular complexity index is 453. The number of carbonyl (C=O) groups excluding carboxylic acids is 1. The van der Waals surface area contributed by atoms with Crippen molar-refractivity contribution >= 4 is 17.2 Å². The summed E-state index contributed by atoms with van der Waals surface area (Å²) in [5.41, 5.74) is 1.09. The number of aliphatic hydroxyl groups is 1. The Kier molecular flexibility index (Phi) is 4.23. The first kappa shape index (κ1) is 14.4. The van der Waals surface area contributed by atoms with Crippen LogP contribution in [-0.4, -0.2) is 34.7 Å². The number of nitrogens with zero attached hydrogens (tertiary/aromatic N) is 1. The Morgan fingerprint density at radius 1 is 1.63 bits per heavy atom. The van der Waals surface area contributed by atoms with Gasteiger partial charge in [-0.25, -0.2) is 4.98 Å². The number of rotatable bonds is 3. The highest BCUT2D eigenvalue weighted by Crippen LogP contribution is 2.23. The van der Waals surface area contributed by atoms with Crippen LogP contribution in [0.1, 0.15) is 37.9 Å². The summed E-state index contributed by atoms with van der Waals surface area (Å²) in [5.74, 6) is -0.0657. The third-order valence-corrected chi connectivity index (χ3v) is 4.01. The van der Waals surface area contributed by atoms with Crippen molar-refractivity contribution in [1.29, 1.82) is 0 Å². The van der Waals surface area contributed by atoms with Crippen molar-refractivity contribution in [1.82, 2.24) is 15.6 Å². The van der Waals surface area contributed by atoms with Gasteiger partial charge in [-0.15, -0.1) is 11.3 Å². The molecule has 1 aromatic heterocycles. The van der Waals surface area contributed by atoms with E-state index in [2.05, 4.69) is 36.4 Å². The van der Waals surface area contributed by atoms with E-state index in [1.54, 1.807) is 11.3 Å². The van der Waals surface area contributed by atoms with Gasteiger partial charge in [-0.2, -0.15) is 0 Å². The van der Waals surface area contributed by atoms with Gasteiger partial charge in [0.25, 0.3) is 0 Å². The summed E-state index contributed by atoms with van der Waals surface area (Å²) >= 11 is 1.57. The lowest BCUT2D eigenvalue weighted by molar-refractivity contribution is -0.123. The van der Waals surface area contributed by atoms with Crippen molar-refractivity contribution in [2.24, 2.45) is 0 Å². The number of nitrogens with one attached hydrogen (secondary N) is 2. The number of thiazole rings is 1. The predicted octanol–water partition coefficient (Wildman–Crippen LogP) is 0.780. The molecule has 3 N–H and O–H groups in total. The Balaban J connectivity index is 1.85. The van der Waals surface area contributed by atoms with Crippen molar-refractivity contribution in [2.75, 3.05) is 6.54 Å². The van der Waals surface area contributed by atoms with Gasteiger partial charge in [-0.3, -0.25) is 4.79 Å². The van der Waals surface area contributed by atoms with Gasteiger partial charge in [0.05, 0.1) is 24.4 Å². The molecule has 106 valence electrons. The van der Waals surface area contributed by atoms with Crippen LogP contribution >= 0.6 is 11.3 Å². The van der Waals surface area contributed by atoms with E-state index in [1.807, 2.05) is 5.38 Å². The maximum Gasteiger partial charge on any atom is 0.237 e. The van der Waals surface area contributed by atoms with E-state index in [1.165, 1.54) is 0 Å². The number of hydrogen-bond acceptors (Lipinski definition) is 5. The molecule has 6 heteroatoms. The van der Waals surface area contributed by atoms with Crippen LogP contribution in [0.2, 0.25) is 0 Å². The van der Waals surface area contributed by atoms with E-state index >= 15 is 0 Å². The zero-order valence-corrected chi connectivity index (χ0v) is 12.4. The summed E-state index contributed by atoms with van der Waals surface area (Å²) in [6, 6.07) is -0.281. The molecule has 2 atom stereocenters. The number of aliphatic hydroxyl groups excluding tert-OH is 1. The molecule has 1 aromatic rings. The number of amides is 1. The average molecular weight is 283 g/mol. The second kappa shape index (κ2) is 5.56. The van der Waals surface area contributed by atoms with Crippen LogP contribution in [0.4, 0.5) is 0 Å². The number of aromatic nitrogens is 1. The van der Waals surface area contributed by atoms with Gasteiger partial charge >= 0.3 is 0 Å². The van der Waals surface area contributed by atoms with Gasteiger partial charge in [0.15, 0.2) is 0 Å². The summed E-state index contributed by atoms with van der Waals surface area (Å²) in [4.78, 5) is 16.4. The largest absolute Gasteiger partial charge is 0.392 e. The molecule has 0 bridgehead atoms. The van der Waals surface area contributed by atoms with Crippen molar-refractivity contribution in [3.63, 3.8) is 0 Å². The Morgan fingerprint density at radius 3 is 2.89 bits per heavy atom. The highest BCUT2D eigenvalue weighted by Gasteiger charge is 2.27. The van der Waals surface area contributed by atoms with Gasteiger partial charge < -0.3 is 15.7 Å². The number of carbonyl (C=O) groups is 1. The fourth-order valence-electron chi connectivity index (χ4n) is 1.94. The van der Waals surface area contributed by atoms with Crippen LogP contribution in [0.15, 0.2) is 5.38 Å². The standard InChI is InChI=1S/C13H21N3O2S/c1-13(2,3)10-7-19-11(16-10)6-15-12(18)9-4-8(17)5-14-9/h7-9,14,17H,4-6H2,1-3H3,(H,15,18)/t8-,9+/m0/s1. The first-order chi connectivity index (χ1) is 8.86. The third kappa shape index (κ3) is 3.75. The SMILES string of the molecule is CC(C)(C)c1csc(CNC(=O)[C@H]2C[C@H](O)CN2)n1. The summed E-state index contributed by atoms with van der Waals surface area (Å²) < 4.78 is 0. The quantitative estimate of drug-likeness (QED) is 0.766. The Morgan fingerprint density at radius 2 is 2.37 bits per heavy atom. The molecule has 19 heavy (non-hydrogen) atoms. The minimum absolute atomic E-state index is 0.0376. The first-order valence-corrected chi connectivity index (χ1v) is 7.38. The average Bonchev–Trinajstić information content (AvgIpc) is 2.93. The van der Waals surface area contributed by atoms with Crippen molar-refractivity contribution < 1.29 is 9.90 Å². The predicted molar refractivity (Wildman–Crippen MR) is 75.1 cm³/mol. The molecule has 0 spiro atoms. The van der Waals surface area contributed by atoms with E-state index in [-0.39, 0.29) is 17.4 Å². The fraction of sp³-hybridized carbons (Fsp3) is 0.692. The lowest BCUT2D eigenvalue weighted by atomic mass is 9.93. The monoisotopic (exact) mass is 283 g/mol. The van der Waals surface area contributed by atoms with E-state index in [4.69, 9.17) is 0 Å². The summed E-state index contributed by atoms with van der Waals surface area (Å²) in [7, 11) is 0. The summed E-state index contributed by atoms with van der Waals surface area (Å²) in [5, 5.41) is 18.2. The minimum atomic E-state index is -0.414. The van der Waals surface area contributed by atoms with Gasteiger partial charge in [0, 0.05) is 17.3 Å². The van der Waals surface area contributed by atoms with Gasteiger partial charge in [0.1, 0.15) is 5.01 Å².